The maximum atomic E-state index is 12.5. The summed E-state index contributed by atoms with van der Waals surface area (Å²) in [5.41, 5.74) is 1.22. The number of hydrogen-bond donors (Lipinski definition) is 1. The summed E-state index contributed by atoms with van der Waals surface area (Å²) in [7, 11) is -0.595. The van der Waals surface area contributed by atoms with E-state index in [1.807, 2.05) is 36.4 Å². The van der Waals surface area contributed by atoms with Gasteiger partial charge in [0.05, 0.1) is 15.1 Å². The third-order valence-corrected chi connectivity index (χ3v) is 7.16. The molecule has 0 saturated heterocycles. The highest BCUT2D eigenvalue weighted by Gasteiger charge is 2.18. The molecular formula is C20H17N3O3S2. The van der Waals surface area contributed by atoms with Crippen LogP contribution in [0, 0.1) is 0 Å². The van der Waals surface area contributed by atoms with Gasteiger partial charge in [-0.05, 0) is 35.7 Å². The fraction of sp³-hybridized carbons (Fsp3) is 0.100. The van der Waals surface area contributed by atoms with Gasteiger partial charge in [-0.25, -0.2) is 17.7 Å². The quantitative estimate of drug-likeness (QED) is 0.551. The van der Waals surface area contributed by atoms with Gasteiger partial charge in [-0.1, -0.05) is 41.7 Å². The van der Waals surface area contributed by atoms with Crippen molar-refractivity contribution in [2.75, 3.05) is 19.4 Å². The molecular weight excluding hydrogens is 394 g/mol. The zero-order valence-electron chi connectivity index (χ0n) is 15.2. The van der Waals surface area contributed by atoms with Crippen LogP contribution in [0.4, 0.5) is 5.13 Å². The van der Waals surface area contributed by atoms with Gasteiger partial charge in [0, 0.05) is 25.0 Å². The molecule has 0 fully saturated rings. The molecule has 142 valence electrons. The van der Waals surface area contributed by atoms with Crippen molar-refractivity contribution < 1.29 is 13.2 Å². The van der Waals surface area contributed by atoms with E-state index in [4.69, 9.17) is 0 Å². The van der Waals surface area contributed by atoms with Crippen molar-refractivity contribution in [1.82, 2.24) is 9.29 Å². The highest BCUT2D eigenvalue weighted by molar-refractivity contribution is 7.89. The zero-order chi connectivity index (χ0) is 19.9. The standard InChI is InChI=1S/C20H17N3O3S2/c1-23(2)28(25,26)15-10-7-14(8-11-15)19(24)22-20-21-18-16-6-4-3-5-13(16)9-12-17(18)27-20/h3-12H,1-2H3,(H,21,22,24). The Morgan fingerprint density at radius 1 is 1.00 bits per heavy atom. The first kappa shape index (κ1) is 18.5. The molecule has 0 saturated carbocycles. The topological polar surface area (TPSA) is 79.4 Å². The van der Waals surface area contributed by atoms with Crippen molar-refractivity contribution in [3.63, 3.8) is 0 Å². The van der Waals surface area contributed by atoms with E-state index in [0.29, 0.717) is 10.7 Å². The number of sulfonamides is 1. The van der Waals surface area contributed by atoms with Crippen molar-refractivity contribution in [3.8, 4) is 0 Å². The van der Waals surface area contributed by atoms with Crippen molar-refractivity contribution >= 4 is 53.4 Å². The van der Waals surface area contributed by atoms with Crippen molar-refractivity contribution in [3.05, 3.63) is 66.2 Å². The molecule has 1 N–H and O–H groups in total. The van der Waals surface area contributed by atoms with Gasteiger partial charge in [-0.3, -0.25) is 10.1 Å². The molecule has 1 heterocycles. The fourth-order valence-electron chi connectivity index (χ4n) is 2.87. The van der Waals surface area contributed by atoms with Gasteiger partial charge in [0.15, 0.2) is 5.13 Å². The molecule has 28 heavy (non-hydrogen) atoms. The van der Waals surface area contributed by atoms with E-state index in [0.717, 1.165) is 25.3 Å². The van der Waals surface area contributed by atoms with Crippen LogP contribution in [0.5, 0.6) is 0 Å². The van der Waals surface area contributed by atoms with Gasteiger partial charge < -0.3 is 0 Å². The van der Waals surface area contributed by atoms with Gasteiger partial charge >= 0.3 is 0 Å². The molecule has 0 aliphatic rings. The number of aromatic nitrogens is 1. The molecule has 3 aromatic carbocycles. The summed E-state index contributed by atoms with van der Waals surface area (Å²) in [6.07, 6.45) is 0. The predicted molar refractivity (Wildman–Crippen MR) is 112 cm³/mol. The Hall–Kier alpha value is -2.81. The van der Waals surface area contributed by atoms with E-state index in [1.165, 1.54) is 49.7 Å². The number of fused-ring (bicyclic) bond motifs is 3. The SMILES string of the molecule is CN(C)S(=O)(=O)c1ccc(C(=O)Nc2nc3c(ccc4ccccc43)s2)cc1. The summed E-state index contributed by atoms with van der Waals surface area (Å²) in [5, 5.41) is 5.43. The summed E-state index contributed by atoms with van der Waals surface area (Å²) < 4.78 is 26.4. The third-order valence-electron chi connectivity index (χ3n) is 4.40. The summed E-state index contributed by atoms with van der Waals surface area (Å²) in [5.74, 6) is -0.336. The molecule has 0 unspecified atom stereocenters. The van der Waals surface area contributed by atoms with Gasteiger partial charge in [0.25, 0.3) is 5.91 Å². The van der Waals surface area contributed by atoms with Gasteiger partial charge in [0.1, 0.15) is 0 Å². The zero-order valence-corrected chi connectivity index (χ0v) is 16.8. The number of amides is 1. The summed E-state index contributed by atoms with van der Waals surface area (Å²) >= 11 is 1.40. The Kier molecular flexibility index (Phi) is 4.62. The third kappa shape index (κ3) is 3.26. The van der Waals surface area contributed by atoms with Crippen molar-refractivity contribution in [2.24, 2.45) is 0 Å². The van der Waals surface area contributed by atoms with Crippen LogP contribution in [0.2, 0.25) is 0 Å². The Labute approximate surface area is 166 Å². The van der Waals surface area contributed by atoms with E-state index >= 15 is 0 Å². The highest BCUT2D eigenvalue weighted by Crippen LogP contribution is 2.31. The molecule has 4 rings (SSSR count). The van der Waals surface area contributed by atoms with Crippen molar-refractivity contribution in [1.29, 1.82) is 0 Å². The normalized spacial score (nSPS) is 12.0. The van der Waals surface area contributed by atoms with Crippen LogP contribution in [-0.2, 0) is 10.0 Å². The largest absolute Gasteiger partial charge is 0.298 e. The average Bonchev–Trinajstić information content (AvgIpc) is 3.11. The molecule has 0 aliphatic carbocycles. The lowest BCUT2D eigenvalue weighted by molar-refractivity contribution is 0.102. The van der Waals surface area contributed by atoms with E-state index in [-0.39, 0.29) is 10.8 Å². The van der Waals surface area contributed by atoms with Crippen molar-refractivity contribution in [2.45, 2.75) is 4.90 Å². The number of nitrogens with one attached hydrogen (secondary N) is 1. The lowest BCUT2D eigenvalue weighted by atomic mass is 10.1. The lowest BCUT2D eigenvalue weighted by Gasteiger charge is -2.11. The molecule has 1 aromatic heterocycles. The number of benzene rings is 3. The monoisotopic (exact) mass is 411 g/mol. The molecule has 0 atom stereocenters. The number of nitrogens with zero attached hydrogens (tertiary/aromatic N) is 2. The van der Waals surface area contributed by atoms with Crippen LogP contribution in [-0.4, -0.2) is 37.7 Å². The molecule has 0 spiro atoms. The second-order valence-corrected chi connectivity index (χ2v) is 9.60. The molecule has 6 nitrogen and oxygen atoms in total. The summed E-state index contributed by atoms with van der Waals surface area (Å²) in [4.78, 5) is 17.3. The number of carbonyl (C=O) groups is 1. The smallest absolute Gasteiger partial charge is 0.257 e. The molecule has 8 heteroatoms. The van der Waals surface area contributed by atoms with Crippen LogP contribution in [0.25, 0.3) is 21.0 Å². The second-order valence-electron chi connectivity index (χ2n) is 6.42. The average molecular weight is 412 g/mol. The van der Waals surface area contributed by atoms with Crippen LogP contribution < -0.4 is 5.32 Å². The van der Waals surface area contributed by atoms with Gasteiger partial charge in [-0.2, -0.15) is 0 Å². The number of carbonyl (C=O) groups excluding carboxylic acids is 1. The number of hydrogen-bond acceptors (Lipinski definition) is 5. The molecule has 0 aliphatic heterocycles. The maximum absolute atomic E-state index is 12.5. The summed E-state index contributed by atoms with van der Waals surface area (Å²) in [6.45, 7) is 0. The van der Waals surface area contributed by atoms with E-state index in [9.17, 15) is 13.2 Å². The molecule has 0 bridgehead atoms. The van der Waals surface area contributed by atoms with E-state index < -0.39 is 10.0 Å². The van der Waals surface area contributed by atoms with Gasteiger partial charge in [-0.15, -0.1) is 0 Å². The van der Waals surface area contributed by atoms with Gasteiger partial charge in [0.2, 0.25) is 10.0 Å². The highest BCUT2D eigenvalue weighted by atomic mass is 32.2. The minimum atomic E-state index is -3.53. The predicted octanol–water partition coefficient (Wildman–Crippen LogP) is 3.95. The number of thiazole rings is 1. The fourth-order valence-corrected chi connectivity index (χ4v) is 4.65. The minimum absolute atomic E-state index is 0.139. The molecule has 0 radical (unpaired) electrons. The number of anilines is 1. The first-order chi connectivity index (χ1) is 13.4. The molecule has 4 aromatic rings. The minimum Gasteiger partial charge on any atom is -0.298 e. The Balaban J connectivity index is 1.61. The first-order valence-corrected chi connectivity index (χ1v) is 10.7. The van der Waals surface area contributed by atoms with E-state index in [1.54, 1.807) is 0 Å². The summed E-state index contributed by atoms with van der Waals surface area (Å²) in [6, 6.07) is 17.8. The van der Waals surface area contributed by atoms with Crippen LogP contribution in [0.3, 0.4) is 0 Å². The number of rotatable bonds is 4. The second kappa shape index (κ2) is 6.97. The van der Waals surface area contributed by atoms with Crippen LogP contribution >= 0.6 is 11.3 Å². The Morgan fingerprint density at radius 2 is 1.71 bits per heavy atom. The van der Waals surface area contributed by atoms with E-state index in [2.05, 4.69) is 10.3 Å². The lowest BCUT2D eigenvalue weighted by Crippen LogP contribution is -2.22. The molecule has 1 amide bonds. The first-order valence-electron chi connectivity index (χ1n) is 8.48. The van der Waals surface area contributed by atoms with Crippen LogP contribution in [0.1, 0.15) is 10.4 Å². The maximum Gasteiger partial charge on any atom is 0.257 e. The Bertz CT molecular complexity index is 1290. The Morgan fingerprint density at radius 3 is 2.43 bits per heavy atom. The van der Waals surface area contributed by atoms with Crippen LogP contribution in [0.15, 0.2) is 65.6 Å².